The molecule has 5 nitrogen and oxygen atoms in total. The molecule has 1 aliphatic heterocycles. The maximum Gasteiger partial charge on any atom is 0.337 e. The Kier molecular flexibility index (Phi) is 6.27. The van der Waals surface area contributed by atoms with Gasteiger partial charge in [0.2, 0.25) is 0 Å². The van der Waals surface area contributed by atoms with Gasteiger partial charge in [-0.3, -0.25) is 4.79 Å². The van der Waals surface area contributed by atoms with Crippen molar-refractivity contribution in [3.63, 3.8) is 0 Å². The Morgan fingerprint density at radius 3 is 2.32 bits per heavy atom. The number of rotatable bonds is 5. The van der Waals surface area contributed by atoms with E-state index in [1.54, 1.807) is 7.11 Å². The molecule has 5 rings (SSSR count). The summed E-state index contributed by atoms with van der Waals surface area (Å²) < 4.78 is 11.2. The minimum Gasteiger partial charge on any atom is -0.497 e. The molecule has 0 spiro atoms. The number of allylic oxidation sites excluding steroid dienone is 3. The molecule has 0 bridgehead atoms. The van der Waals surface area contributed by atoms with Gasteiger partial charge >= 0.3 is 5.97 Å². The van der Waals surface area contributed by atoms with Crippen molar-refractivity contribution in [1.29, 1.82) is 0 Å². The maximum atomic E-state index is 13.6. The number of hydrogen-bond acceptors (Lipinski definition) is 5. The third kappa shape index (κ3) is 4.27. The number of benzene rings is 2. The van der Waals surface area contributed by atoms with Crippen molar-refractivity contribution in [3.05, 3.63) is 88.3 Å². The molecule has 2 aromatic rings. The topological polar surface area (TPSA) is 64.6 Å². The lowest BCUT2D eigenvalue weighted by Gasteiger charge is -2.37. The molecule has 1 fully saturated rings. The number of ketones is 1. The van der Waals surface area contributed by atoms with Gasteiger partial charge in [0.05, 0.1) is 12.7 Å². The molecule has 3 aliphatic rings. The van der Waals surface area contributed by atoms with Crippen molar-refractivity contribution in [3.8, 4) is 5.75 Å². The second kappa shape index (κ2) is 9.49. The number of esters is 1. The SMILES string of the molecule is COc1ccc([C@@H]2CC(=O)C3=C(C2)NC(C)=C(C(=O)OC2CCCC2)[C@H]3c2ccccc2)cc1. The highest BCUT2D eigenvalue weighted by molar-refractivity contribution is 6.04. The molecule has 0 radical (unpaired) electrons. The van der Waals surface area contributed by atoms with Gasteiger partial charge in [-0.2, -0.15) is 0 Å². The van der Waals surface area contributed by atoms with Gasteiger partial charge in [-0.05, 0) is 68.2 Å². The van der Waals surface area contributed by atoms with E-state index in [1.807, 2.05) is 61.5 Å². The van der Waals surface area contributed by atoms with Crippen LogP contribution in [0.3, 0.4) is 0 Å². The molecule has 1 saturated carbocycles. The van der Waals surface area contributed by atoms with E-state index in [4.69, 9.17) is 9.47 Å². The van der Waals surface area contributed by atoms with Crippen molar-refractivity contribution >= 4 is 11.8 Å². The van der Waals surface area contributed by atoms with Gasteiger partial charge in [0.15, 0.2) is 5.78 Å². The molecule has 176 valence electrons. The molecule has 5 heteroatoms. The Labute approximate surface area is 200 Å². The van der Waals surface area contributed by atoms with Crippen LogP contribution in [0.2, 0.25) is 0 Å². The average molecular weight is 458 g/mol. The molecule has 1 heterocycles. The number of hydrogen-bond donors (Lipinski definition) is 1. The van der Waals surface area contributed by atoms with Crippen molar-refractivity contribution in [2.24, 2.45) is 0 Å². The van der Waals surface area contributed by atoms with Crippen molar-refractivity contribution < 1.29 is 19.1 Å². The Bertz CT molecular complexity index is 1140. The van der Waals surface area contributed by atoms with Gasteiger partial charge in [0.1, 0.15) is 11.9 Å². The van der Waals surface area contributed by atoms with E-state index in [0.29, 0.717) is 17.6 Å². The summed E-state index contributed by atoms with van der Waals surface area (Å²) in [4.78, 5) is 27.1. The van der Waals surface area contributed by atoms with E-state index in [9.17, 15) is 9.59 Å². The minimum absolute atomic E-state index is 0.0268. The predicted octanol–water partition coefficient (Wildman–Crippen LogP) is 5.54. The largest absolute Gasteiger partial charge is 0.497 e. The van der Waals surface area contributed by atoms with Crippen LogP contribution >= 0.6 is 0 Å². The van der Waals surface area contributed by atoms with Gasteiger partial charge < -0.3 is 14.8 Å². The normalized spacial score (nSPS) is 22.9. The zero-order valence-corrected chi connectivity index (χ0v) is 19.8. The first-order valence-electron chi connectivity index (χ1n) is 12.2. The molecule has 0 amide bonds. The standard InChI is InChI=1S/C29H31NO4/c1-18-26(29(32)34-23-10-6-7-11-23)27(20-8-4-3-5-9-20)28-24(30-18)16-21(17-25(28)31)19-12-14-22(33-2)15-13-19/h3-5,8-9,12-15,21,23,27,30H,6-7,10-11,16-17H2,1-2H3/t21-,27+/m0/s1. The lowest BCUT2D eigenvalue weighted by Crippen LogP contribution is -2.36. The summed E-state index contributed by atoms with van der Waals surface area (Å²) in [6, 6.07) is 17.8. The summed E-state index contributed by atoms with van der Waals surface area (Å²) in [6.45, 7) is 1.92. The van der Waals surface area contributed by atoms with Crippen LogP contribution in [-0.2, 0) is 14.3 Å². The van der Waals surface area contributed by atoms with Gasteiger partial charge in [-0.1, -0.05) is 42.5 Å². The van der Waals surface area contributed by atoms with Crippen LogP contribution in [0.15, 0.2) is 77.1 Å². The fourth-order valence-corrected chi connectivity index (χ4v) is 5.62. The van der Waals surface area contributed by atoms with E-state index >= 15 is 0 Å². The molecule has 2 atom stereocenters. The van der Waals surface area contributed by atoms with Crippen LogP contribution in [0.1, 0.15) is 68.4 Å². The van der Waals surface area contributed by atoms with Crippen LogP contribution in [0.5, 0.6) is 5.75 Å². The lowest BCUT2D eigenvalue weighted by molar-refractivity contribution is -0.144. The Morgan fingerprint density at radius 2 is 1.65 bits per heavy atom. The Balaban J connectivity index is 1.50. The van der Waals surface area contributed by atoms with Crippen LogP contribution in [0.25, 0.3) is 0 Å². The monoisotopic (exact) mass is 457 g/mol. The zero-order valence-electron chi connectivity index (χ0n) is 19.8. The highest BCUT2D eigenvalue weighted by Gasteiger charge is 2.41. The fraction of sp³-hybridized carbons (Fsp3) is 0.379. The molecule has 2 aliphatic carbocycles. The van der Waals surface area contributed by atoms with E-state index in [0.717, 1.165) is 60.4 Å². The van der Waals surface area contributed by atoms with Crippen LogP contribution < -0.4 is 10.1 Å². The summed E-state index contributed by atoms with van der Waals surface area (Å²) in [7, 11) is 1.65. The van der Waals surface area contributed by atoms with Crippen LogP contribution in [0.4, 0.5) is 0 Å². The Hall–Kier alpha value is -3.34. The van der Waals surface area contributed by atoms with E-state index in [2.05, 4.69) is 5.32 Å². The van der Waals surface area contributed by atoms with Gasteiger partial charge in [-0.15, -0.1) is 0 Å². The van der Waals surface area contributed by atoms with E-state index in [-0.39, 0.29) is 23.8 Å². The van der Waals surface area contributed by atoms with Crippen molar-refractivity contribution in [1.82, 2.24) is 5.32 Å². The van der Waals surface area contributed by atoms with Crippen molar-refractivity contribution in [2.45, 2.75) is 63.4 Å². The molecule has 34 heavy (non-hydrogen) atoms. The van der Waals surface area contributed by atoms with E-state index < -0.39 is 5.92 Å². The average Bonchev–Trinajstić information content (AvgIpc) is 3.36. The van der Waals surface area contributed by atoms with Gasteiger partial charge in [-0.25, -0.2) is 4.79 Å². The number of methoxy groups -OCH3 is 1. The molecule has 2 aromatic carbocycles. The minimum atomic E-state index is -0.407. The molecule has 0 saturated heterocycles. The number of carbonyl (C=O) groups is 2. The van der Waals surface area contributed by atoms with Gasteiger partial charge in [0.25, 0.3) is 0 Å². The van der Waals surface area contributed by atoms with Gasteiger partial charge in [0, 0.05) is 29.3 Å². The summed E-state index contributed by atoms with van der Waals surface area (Å²) in [5.74, 6) is 0.260. The first-order valence-corrected chi connectivity index (χ1v) is 12.2. The molecular weight excluding hydrogens is 426 g/mol. The first kappa shape index (κ1) is 22.5. The first-order chi connectivity index (χ1) is 16.5. The zero-order chi connectivity index (χ0) is 23.7. The quantitative estimate of drug-likeness (QED) is 0.597. The number of ether oxygens (including phenoxy) is 2. The number of dihydropyridines is 1. The summed E-state index contributed by atoms with van der Waals surface area (Å²) in [5.41, 5.74) is 5.03. The number of nitrogens with one attached hydrogen (secondary N) is 1. The molecule has 0 aromatic heterocycles. The molecule has 0 unspecified atom stereocenters. The highest BCUT2D eigenvalue weighted by Crippen LogP contribution is 2.46. The van der Waals surface area contributed by atoms with Crippen LogP contribution in [-0.4, -0.2) is 25.0 Å². The fourth-order valence-electron chi connectivity index (χ4n) is 5.62. The summed E-state index contributed by atoms with van der Waals surface area (Å²) in [5, 5.41) is 3.44. The van der Waals surface area contributed by atoms with Crippen LogP contribution in [0, 0.1) is 0 Å². The summed E-state index contributed by atoms with van der Waals surface area (Å²) >= 11 is 0. The molecule has 1 N–H and O–H groups in total. The predicted molar refractivity (Wildman–Crippen MR) is 130 cm³/mol. The highest BCUT2D eigenvalue weighted by atomic mass is 16.5. The smallest absolute Gasteiger partial charge is 0.337 e. The summed E-state index contributed by atoms with van der Waals surface area (Å²) in [6.07, 6.45) is 5.13. The second-order valence-electron chi connectivity index (χ2n) is 9.51. The number of Topliss-reactive ketones (excluding diaryl/α,β-unsaturated/α-hetero) is 1. The Morgan fingerprint density at radius 1 is 0.941 bits per heavy atom. The lowest BCUT2D eigenvalue weighted by atomic mass is 9.72. The maximum absolute atomic E-state index is 13.6. The third-order valence-electron chi connectivity index (χ3n) is 7.34. The van der Waals surface area contributed by atoms with E-state index in [1.165, 1.54) is 0 Å². The number of carbonyl (C=O) groups excluding carboxylic acids is 2. The second-order valence-corrected chi connectivity index (χ2v) is 9.51. The molecular formula is C29H31NO4. The van der Waals surface area contributed by atoms with Crippen molar-refractivity contribution in [2.75, 3.05) is 7.11 Å². The third-order valence-corrected chi connectivity index (χ3v) is 7.34.